The maximum absolute atomic E-state index is 12.7. The highest BCUT2D eigenvalue weighted by Gasteiger charge is 2.25. The summed E-state index contributed by atoms with van der Waals surface area (Å²) in [7, 11) is 1.66. The van der Waals surface area contributed by atoms with Crippen molar-refractivity contribution in [2.24, 2.45) is 0 Å². The van der Waals surface area contributed by atoms with Crippen LogP contribution < -0.4 is 4.74 Å². The zero-order chi connectivity index (χ0) is 19.4. The predicted molar refractivity (Wildman–Crippen MR) is 105 cm³/mol. The molecule has 0 spiro atoms. The van der Waals surface area contributed by atoms with Crippen LogP contribution in [0, 0.1) is 13.8 Å². The van der Waals surface area contributed by atoms with Crippen LogP contribution in [0.2, 0.25) is 0 Å². The molecule has 2 aromatic rings. The first kappa shape index (κ1) is 19.0. The van der Waals surface area contributed by atoms with Crippen LogP contribution >= 0.6 is 0 Å². The third-order valence-electron chi connectivity index (χ3n) is 5.14. The number of carbonyl (C=O) groups excluding carboxylic acids is 2. The zero-order valence-corrected chi connectivity index (χ0v) is 16.2. The first-order chi connectivity index (χ1) is 13.0. The van der Waals surface area contributed by atoms with E-state index in [0.29, 0.717) is 38.2 Å². The molecular formula is C22H26N2O3. The van der Waals surface area contributed by atoms with Gasteiger partial charge in [-0.3, -0.25) is 9.59 Å². The van der Waals surface area contributed by atoms with E-state index in [4.69, 9.17) is 4.74 Å². The second-order valence-corrected chi connectivity index (χ2v) is 6.96. The molecule has 27 heavy (non-hydrogen) atoms. The average Bonchev–Trinajstić information content (AvgIpc) is 2.70. The molecule has 0 unspecified atom stereocenters. The Hall–Kier alpha value is -2.82. The summed E-state index contributed by atoms with van der Waals surface area (Å²) in [6.07, 6.45) is 0.378. The van der Waals surface area contributed by atoms with Crippen molar-refractivity contribution in [3.63, 3.8) is 0 Å². The number of carbonyl (C=O) groups is 2. The molecule has 2 aromatic carbocycles. The minimum atomic E-state index is 0.0318. The summed E-state index contributed by atoms with van der Waals surface area (Å²) in [5.74, 6) is 0.982. The molecule has 0 aliphatic carbocycles. The fourth-order valence-corrected chi connectivity index (χ4v) is 3.46. The standard InChI is InChI=1S/C22H26N2O3/c1-16-14-20(27-3)17(2)13-19(16)15-21(25)23-9-11-24(12-10-23)22(26)18-7-5-4-6-8-18/h4-8,13-14H,9-12,15H2,1-3H3. The Morgan fingerprint density at radius 2 is 1.56 bits per heavy atom. The van der Waals surface area contributed by atoms with Crippen molar-refractivity contribution >= 4 is 11.8 Å². The smallest absolute Gasteiger partial charge is 0.253 e. The lowest BCUT2D eigenvalue weighted by Gasteiger charge is -2.35. The van der Waals surface area contributed by atoms with E-state index in [1.807, 2.05) is 66.1 Å². The van der Waals surface area contributed by atoms with E-state index in [1.165, 1.54) is 0 Å². The molecule has 0 saturated carbocycles. The van der Waals surface area contributed by atoms with Crippen LogP contribution in [0.15, 0.2) is 42.5 Å². The van der Waals surface area contributed by atoms with Crippen molar-refractivity contribution < 1.29 is 14.3 Å². The number of aryl methyl sites for hydroxylation is 2. The highest BCUT2D eigenvalue weighted by Crippen LogP contribution is 2.23. The maximum Gasteiger partial charge on any atom is 0.253 e. The van der Waals surface area contributed by atoms with E-state index >= 15 is 0 Å². The molecule has 1 heterocycles. The highest BCUT2D eigenvalue weighted by molar-refractivity contribution is 5.94. The lowest BCUT2D eigenvalue weighted by atomic mass is 10.0. The van der Waals surface area contributed by atoms with Crippen LogP contribution in [0.3, 0.4) is 0 Å². The number of hydrogen-bond donors (Lipinski definition) is 0. The van der Waals surface area contributed by atoms with Gasteiger partial charge in [-0.25, -0.2) is 0 Å². The number of piperazine rings is 1. The minimum absolute atomic E-state index is 0.0318. The van der Waals surface area contributed by atoms with Gasteiger partial charge < -0.3 is 14.5 Å². The summed E-state index contributed by atoms with van der Waals surface area (Å²) in [6, 6.07) is 13.3. The lowest BCUT2D eigenvalue weighted by Crippen LogP contribution is -2.51. The van der Waals surface area contributed by atoms with E-state index in [2.05, 4.69) is 0 Å². The zero-order valence-electron chi connectivity index (χ0n) is 16.2. The number of methoxy groups -OCH3 is 1. The molecular weight excluding hydrogens is 340 g/mol. The van der Waals surface area contributed by atoms with Crippen LogP contribution in [-0.4, -0.2) is 54.9 Å². The molecule has 1 aliphatic heterocycles. The first-order valence-electron chi connectivity index (χ1n) is 9.26. The molecule has 0 N–H and O–H groups in total. The second-order valence-electron chi connectivity index (χ2n) is 6.96. The van der Waals surface area contributed by atoms with Crippen molar-refractivity contribution in [1.29, 1.82) is 0 Å². The molecule has 1 aliphatic rings. The summed E-state index contributed by atoms with van der Waals surface area (Å²) in [6.45, 7) is 6.28. The summed E-state index contributed by atoms with van der Waals surface area (Å²) < 4.78 is 5.34. The Morgan fingerprint density at radius 3 is 2.19 bits per heavy atom. The van der Waals surface area contributed by atoms with Gasteiger partial charge >= 0.3 is 0 Å². The average molecular weight is 366 g/mol. The van der Waals surface area contributed by atoms with Crippen molar-refractivity contribution in [1.82, 2.24) is 9.80 Å². The van der Waals surface area contributed by atoms with Crippen LogP contribution in [0.4, 0.5) is 0 Å². The number of benzene rings is 2. The predicted octanol–water partition coefficient (Wildman–Crippen LogP) is 2.84. The Bertz CT molecular complexity index is 825. The summed E-state index contributed by atoms with van der Waals surface area (Å²) in [5.41, 5.74) is 3.82. The van der Waals surface area contributed by atoms with Gasteiger partial charge in [0.1, 0.15) is 5.75 Å². The third-order valence-corrected chi connectivity index (χ3v) is 5.14. The van der Waals surface area contributed by atoms with Gasteiger partial charge in [0.15, 0.2) is 0 Å². The van der Waals surface area contributed by atoms with Gasteiger partial charge in [-0.2, -0.15) is 0 Å². The molecule has 3 rings (SSSR count). The van der Waals surface area contributed by atoms with Crippen molar-refractivity contribution in [3.05, 3.63) is 64.7 Å². The number of amides is 2. The Morgan fingerprint density at radius 1 is 0.926 bits per heavy atom. The van der Waals surface area contributed by atoms with E-state index in [1.54, 1.807) is 7.11 Å². The highest BCUT2D eigenvalue weighted by atomic mass is 16.5. The molecule has 1 fully saturated rings. The van der Waals surface area contributed by atoms with Crippen molar-refractivity contribution in [2.45, 2.75) is 20.3 Å². The largest absolute Gasteiger partial charge is 0.496 e. The number of hydrogen-bond acceptors (Lipinski definition) is 3. The maximum atomic E-state index is 12.7. The quantitative estimate of drug-likeness (QED) is 0.836. The minimum Gasteiger partial charge on any atom is -0.496 e. The molecule has 5 heteroatoms. The van der Waals surface area contributed by atoms with Gasteiger partial charge in [-0.05, 0) is 48.7 Å². The van der Waals surface area contributed by atoms with E-state index in [0.717, 1.165) is 22.4 Å². The van der Waals surface area contributed by atoms with Gasteiger partial charge in [-0.15, -0.1) is 0 Å². The molecule has 0 atom stereocenters. The fraction of sp³-hybridized carbons (Fsp3) is 0.364. The van der Waals surface area contributed by atoms with Gasteiger partial charge in [0.2, 0.25) is 5.91 Å². The Kier molecular flexibility index (Phi) is 5.79. The molecule has 0 aromatic heterocycles. The van der Waals surface area contributed by atoms with Crippen LogP contribution in [0.1, 0.15) is 27.0 Å². The van der Waals surface area contributed by atoms with E-state index < -0.39 is 0 Å². The van der Waals surface area contributed by atoms with E-state index in [9.17, 15) is 9.59 Å². The van der Waals surface area contributed by atoms with Crippen molar-refractivity contribution in [3.8, 4) is 5.75 Å². The topological polar surface area (TPSA) is 49.9 Å². The normalized spacial score (nSPS) is 14.2. The summed E-state index contributed by atoms with van der Waals surface area (Å²) in [4.78, 5) is 28.9. The summed E-state index contributed by atoms with van der Waals surface area (Å²) >= 11 is 0. The first-order valence-corrected chi connectivity index (χ1v) is 9.26. The molecule has 142 valence electrons. The molecule has 0 radical (unpaired) electrons. The van der Waals surface area contributed by atoms with E-state index in [-0.39, 0.29) is 11.8 Å². The van der Waals surface area contributed by atoms with Crippen LogP contribution in [-0.2, 0) is 11.2 Å². The molecule has 1 saturated heterocycles. The molecule has 5 nitrogen and oxygen atoms in total. The Balaban J connectivity index is 1.59. The fourth-order valence-electron chi connectivity index (χ4n) is 3.46. The number of rotatable bonds is 4. The van der Waals surface area contributed by atoms with Gasteiger partial charge in [0.05, 0.1) is 13.5 Å². The van der Waals surface area contributed by atoms with Gasteiger partial charge in [-0.1, -0.05) is 24.3 Å². The summed E-state index contributed by atoms with van der Waals surface area (Å²) in [5, 5.41) is 0. The monoisotopic (exact) mass is 366 g/mol. The van der Waals surface area contributed by atoms with Crippen LogP contribution in [0.25, 0.3) is 0 Å². The number of nitrogens with zero attached hydrogens (tertiary/aromatic N) is 2. The van der Waals surface area contributed by atoms with Crippen LogP contribution in [0.5, 0.6) is 5.75 Å². The van der Waals surface area contributed by atoms with Gasteiger partial charge in [0.25, 0.3) is 5.91 Å². The van der Waals surface area contributed by atoms with Gasteiger partial charge in [0, 0.05) is 31.7 Å². The third kappa shape index (κ3) is 4.30. The Labute approximate surface area is 160 Å². The lowest BCUT2D eigenvalue weighted by molar-refractivity contribution is -0.131. The molecule has 0 bridgehead atoms. The SMILES string of the molecule is COc1cc(C)c(CC(=O)N2CCN(C(=O)c3ccccc3)CC2)cc1C. The van der Waals surface area contributed by atoms with Crippen molar-refractivity contribution in [2.75, 3.05) is 33.3 Å². The number of ether oxygens (including phenoxy) is 1. The second kappa shape index (κ2) is 8.25. The molecule has 2 amide bonds.